The van der Waals surface area contributed by atoms with Crippen molar-refractivity contribution in [2.24, 2.45) is 0 Å². The molecule has 0 spiro atoms. The summed E-state index contributed by atoms with van der Waals surface area (Å²) < 4.78 is 41.6. The van der Waals surface area contributed by atoms with Crippen LogP contribution in [0.3, 0.4) is 0 Å². The fourth-order valence-electron chi connectivity index (χ4n) is 3.41. The highest BCUT2D eigenvalue weighted by molar-refractivity contribution is 9.11. The molecule has 0 N–H and O–H groups in total. The van der Waals surface area contributed by atoms with Gasteiger partial charge in [-0.1, -0.05) is 79.9 Å². The van der Waals surface area contributed by atoms with E-state index in [1.54, 1.807) is 6.07 Å². The van der Waals surface area contributed by atoms with Gasteiger partial charge in [0, 0.05) is 19.5 Å². The Morgan fingerprint density at radius 2 is 1.10 bits per heavy atom. The summed E-state index contributed by atoms with van der Waals surface area (Å²) in [5, 5.41) is 0.570. The van der Waals surface area contributed by atoms with Crippen molar-refractivity contribution in [2.75, 3.05) is 0 Å². The molecule has 0 atom stereocenters. The van der Waals surface area contributed by atoms with Crippen molar-refractivity contribution in [2.45, 2.75) is 6.18 Å². The van der Waals surface area contributed by atoms with Crippen LogP contribution >= 0.6 is 43.5 Å². The minimum atomic E-state index is -4.43. The van der Waals surface area contributed by atoms with Gasteiger partial charge in [-0.2, -0.15) is 13.2 Å². The van der Waals surface area contributed by atoms with Gasteiger partial charge in [-0.05, 0) is 76.3 Å². The predicted molar refractivity (Wildman–Crippen MR) is 128 cm³/mol. The number of halogens is 6. The molecule has 0 radical (unpaired) electrons. The quantitative estimate of drug-likeness (QED) is 0.232. The maximum atomic E-state index is 13.4. The summed E-state index contributed by atoms with van der Waals surface area (Å²) >= 11 is 13.4. The zero-order valence-corrected chi connectivity index (χ0v) is 19.8. The average Bonchev–Trinajstić information content (AvgIpc) is 2.73. The molecule has 0 aliphatic rings. The van der Waals surface area contributed by atoms with E-state index in [0.29, 0.717) is 20.6 Å². The van der Waals surface area contributed by atoms with E-state index in [9.17, 15) is 13.2 Å². The highest BCUT2D eigenvalue weighted by atomic mass is 79.9. The molecular weight excluding hydrogens is 553 g/mol. The van der Waals surface area contributed by atoms with Crippen LogP contribution in [0.5, 0.6) is 0 Å². The normalized spacial score (nSPS) is 11.5. The minimum absolute atomic E-state index is 0.456. The second kappa shape index (κ2) is 8.81. The van der Waals surface area contributed by atoms with Crippen LogP contribution in [-0.2, 0) is 6.18 Å². The summed E-state index contributed by atoms with van der Waals surface area (Å²) in [6, 6.07) is 24.5. The Morgan fingerprint density at radius 1 is 0.581 bits per heavy atom. The largest absolute Gasteiger partial charge is 0.416 e. The third-order valence-corrected chi connectivity index (χ3v) is 6.62. The Morgan fingerprint density at radius 3 is 1.71 bits per heavy atom. The summed E-state index contributed by atoms with van der Waals surface area (Å²) in [7, 11) is 0. The van der Waals surface area contributed by atoms with Gasteiger partial charge in [0.15, 0.2) is 0 Å². The predicted octanol–water partition coefficient (Wildman–Crippen LogP) is 9.88. The second-order valence-electron chi connectivity index (χ2n) is 6.95. The van der Waals surface area contributed by atoms with Crippen LogP contribution in [0.4, 0.5) is 13.2 Å². The van der Waals surface area contributed by atoms with Crippen LogP contribution in [0.1, 0.15) is 5.56 Å². The first-order valence-electron chi connectivity index (χ1n) is 9.26. The van der Waals surface area contributed by atoms with Crippen molar-refractivity contribution < 1.29 is 13.2 Å². The number of rotatable bonds is 3. The minimum Gasteiger partial charge on any atom is -0.166 e. The molecule has 4 aromatic rings. The molecule has 0 unspecified atom stereocenters. The number of alkyl halides is 3. The maximum absolute atomic E-state index is 13.4. The average molecular weight is 567 g/mol. The van der Waals surface area contributed by atoms with Crippen molar-refractivity contribution in [3.8, 4) is 33.4 Å². The van der Waals surface area contributed by atoms with E-state index in [-0.39, 0.29) is 0 Å². The standard InChI is InChI=1S/C25H14Br2ClF3/c26-22-7-3-1-5-19(22)15-11-16(20-6-2-4-8-24(20)28)13-17(12-15)21-14-18(25(29,30)31)9-10-23(21)27/h1-14H. The lowest BCUT2D eigenvalue weighted by molar-refractivity contribution is -0.137. The van der Waals surface area contributed by atoms with Crippen LogP contribution in [0.2, 0.25) is 5.02 Å². The zero-order valence-electron chi connectivity index (χ0n) is 15.9. The van der Waals surface area contributed by atoms with E-state index < -0.39 is 11.7 Å². The molecule has 0 aromatic heterocycles. The molecule has 6 heteroatoms. The van der Waals surface area contributed by atoms with Crippen molar-refractivity contribution >= 4 is 43.5 Å². The van der Waals surface area contributed by atoms with Crippen molar-refractivity contribution in [3.05, 3.63) is 104 Å². The number of hydrogen-bond acceptors (Lipinski definition) is 0. The summed E-state index contributed by atoms with van der Waals surface area (Å²) in [4.78, 5) is 0. The zero-order chi connectivity index (χ0) is 22.2. The first-order chi connectivity index (χ1) is 14.7. The molecule has 4 rings (SSSR count). The van der Waals surface area contributed by atoms with Crippen LogP contribution in [0.15, 0.2) is 93.9 Å². The van der Waals surface area contributed by atoms with Gasteiger partial charge in [-0.3, -0.25) is 0 Å². The molecule has 0 saturated heterocycles. The van der Waals surface area contributed by atoms with Gasteiger partial charge in [0.2, 0.25) is 0 Å². The van der Waals surface area contributed by atoms with E-state index in [1.807, 2.05) is 60.7 Å². The van der Waals surface area contributed by atoms with E-state index in [2.05, 4.69) is 31.9 Å². The molecule has 0 nitrogen and oxygen atoms in total. The summed E-state index contributed by atoms with van der Waals surface area (Å²) in [5.41, 5.74) is 3.83. The van der Waals surface area contributed by atoms with E-state index in [0.717, 1.165) is 32.8 Å². The lowest BCUT2D eigenvalue weighted by atomic mass is 9.92. The van der Waals surface area contributed by atoms with Crippen molar-refractivity contribution in [1.82, 2.24) is 0 Å². The van der Waals surface area contributed by atoms with Gasteiger partial charge in [0.05, 0.1) is 5.56 Å². The third kappa shape index (κ3) is 4.74. The van der Waals surface area contributed by atoms with Gasteiger partial charge in [0.25, 0.3) is 0 Å². The van der Waals surface area contributed by atoms with Gasteiger partial charge < -0.3 is 0 Å². The SMILES string of the molecule is FC(F)(F)c1ccc(Br)c(-c2cc(-c3ccccc3Cl)cc(-c3ccccc3Br)c2)c1. The fraction of sp³-hybridized carbons (Fsp3) is 0.0400. The first-order valence-corrected chi connectivity index (χ1v) is 11.2. The molecule has 4 aromatic carbocycles. The molecule has 0 aliphatic heterocycles. The van der Waals surface area contributed by atoms with Crippen LogP contribution in [0.25, 0.3) is 33.4 Å². The van der Waals surface area contributed by atoms with Crippen molar-refractivity contribution in [3.63, 3.8) is 0 Å². The van der Waals surface area contributed by atoms with Gasteiger partial charge in [-0.15, -0.1) is 0 Å². The van der Waals surface area contributed by atoms with Crippen LogP contribution < -0.4 is 0 Å². The highest BCUT2D eigenvalue weighted by Gasteiger charge is 2.31. The molecule has 0 fully saturated rings. The van der Waals surface area contributed by atoms with Gasteiger partial charge in [0.1, 0.15) is 0 Å². The van der Waals surface area contributed by atoms with Crippen molar-refractivity contribution in [1.29, 1.82) is 0 Å². The monoisotopic (exact) mass is 564 g/mol. The lowest BCUT2D eigenvalue weighted by Gasteiger charge is -2.15. The fourth-order valence-corrected chi connectivity index (χ4v) is 4.64. The highest BCUT2D eigenvalue weighted by Crippen LogP contribution is 2.41. The van der Waals surface area contributed by atoms with E-state index >= 15 is 0 Å². The smallest absolute Gasteiger partial charge is 0.166 e. The Balaban J connectivity index is 1.99. The summed E-state index contributed by atoms with van der Waals surface area (Å²) in [6.45, 7) is 0. The summed E-state index contributed by atoms with van der Waals surface area (Å²) in [6.07, 6.45) is -4.43. The topological polar surface area (TPSA) is 0 Å². The van der Waals surface area contributed by atoms with Crippen LogP contribution in [-0.4, -0.2) is 0 Å². The van der Waals surface area contributed by atoms with Gasteiger partial charge >= 0.3 is 6.18 Å². The van der Waals surface area contributed by atoms with E-state index in [1.165, 1.54) is 12.1 Å². The van der Waals surface area contributed by atoms with E-state index in [4.69, 9.17) is 11.6 Å². The Kier molecular flexibility index (Phi) is 6.29. The molecule has 0 aliphatic carbocycles. The van der Waals surface area contributed by atoms with Gasteiger partial charge in [-0.25, -0.2) is 0 Å². The molecule has 0 amide bonds. The third-order valence-electron chi connectivity index (χ3n) is 4.91. The number of hydrogen-bond donors (Lipinski definition) is 0. The Labute approximate surface area is 200 Å². The maximum Gasteiger partial charge on any atom is 0.416 e. The number of benzene rings is 4. The molecular formula is C25H14Br2ClF3. The lowest BCUT2D eigenvalue weighted by Crippen LogP contribution is -2.04. The molecule has 31 heavy (non-hydrogen) atoms. The first kappa shape index (κ1) is 22.1. The summed E-state index contributed by atoms with van der Waals surface area (Å²) in [5.74, 6) is 0. The molecule has 0 heterocycles. The second-order valence-corrected chi connectivity index (χ2v) is 9.07. The molecule has 0 bridgehead atoms. The Bertz CT molecular complexity index is 1200. The van der Waals surface area contributed by atoms with Crippen LogP contribution in [0, 0.1) is 0 Å². The Hall–Kier alpha value is -2.08. The molecule has 0 saturated carbocycles. The molecule has 156 valence electrons.